The van der Waals surface area contributed by atoms with Gasteiger partial charge >= 0.3 is 11.9 Å². The molecule has 0 aromatic heterocycles. The summed E-state index contributed by atoms with van der Waals surface area (Å²) in [7, 11) is -4.33. The number of nitro groups is 1. The highest BCUT2D eigenvalue weighted by atomic mass is 32.2. The van der Waals surface area contributed by atoms with E-state index < -0.39 is 50.1 Å². The van der Waals surface area contributed by atoms with Gasteiger partial charge in [0, 0.05) is 18.6 Å². The highest BCUT2D eigenvalue weighted by Gasteiger charge is 2.42. The smallest absolute Gasteiger partial charge is 0.416 e. The zero-order valence-corrected chi connectivity index (χ0v) is 23.4. The second-order valence-corrected chi connectivity index (χ2v) is 11.6. The summed E-state index contributed by atoms with van der Waals surface area (Å²) in [4.78, 5) is 23.5. The van der Waals surface area contributed by atoms with E-state index in [1.165, 1.54) is 36.4 Å². The molecule has 1 heterocycles. The van der Waals surface area contributed by atoms with Gasteiger partial charge in [0.1, 0.15) is 18.5 Å². The molecule has 4 aromatic carbocycles. The van der Waals surface area contributed by atoms with Crippen molar-refractivity contribution in [2.24, 2.45) is 0 Å². The van der Waals surface area contributed by atoms with Crippen molar-refractivity contribution in [2.45, 2.75) is 23.5 Å². The second-order valence-electron chi connectivity index (χ2n) is 9.76. The van der Waals surface area contributed by atoms with Crippen LogP contribution in [0.5, 0.6) is 5.75 Å². The lowest BCUT2D eigenvalue weighted by atomic mass is 10.0. The molecule has 5 rings (SSSR count). The number of fused-ring (bicyclic) bond motifs is 1. The van der Waals surface area contributed by atoms with Crippen LogP contribution in [0.25, 0.3) is 11.1 Å². The van der Waals surface area contributed by atoms with Gasteiger partial charge in [-0.3, -0.25) is 19.2 Å². The lowest BCUT2D eigenvalue weighted by Gasteiger charge is -2.26. The molecule has 1 aliphatic heterocycles. The van der Waals surface area contributed by atoms with Crippen LogP contribution in [0.2, 0.25) is 0 Å². The highest BCUT2D eigenvalue weighted by molar-refractivity contribution is 7.93. The number of hydrogen-bond acceptors (Lipinski definition) is 6. The van der Waals surface area contributed by atoms with E-state index in [2.05, 4.69) is 5.32 Å². The summed E-state index contributed by atoms with van der Waals surface area (Å²) >= 11 is 0. The molecule has 14 heteroatoms. The Morgan fingerprint density at radius 3 is 2.41 bits per heavy atom. The third kappa shape index (κ3) is 6.20. The first-order chi connectivity index (χ1) is 20.9. The average Bonchev–Trinajstić information content (AvgIpc) is 3.40. The van der Waals surface area contributed by atoms with E-state index in [1.807, 2.05) is 0 Å². The maximum absolute atomic E-state index is 13.9. The summed E-state index contributed by atoms with van der Waals surface area (Å²) in [6.45, 7) is -0.432. The van der Waals surface area contributed by atoms with Gasteiger partial charge < -0.3 is 10.1 Å². The number of nitro benzene ring substituents is 1. The van der Waals surface area contributed by atoms with E-state index >= 15 is 0 Å². The van der Waals surface area contributed by atoms with Crippen LogP contribution < -0.4 is 14.4 Å². The predicted molar refractivity (Wildman–Crippen MR) is 152 cm³/mol. The lowest BCUT2D eigenvalue weighted by Crippen LogP contribution is -2.48. The molecule has 1 amide bonds. The molecule has 0 aliphatic carbocycles. The van der Waals surface area contributed by atoms with Crippen molar-refractivity contribution in [3.63, 3.8) is 0 Å². The molecule has 1 atom stereocenters. The number of nitrogens with one attached hydrogen (secondary N) is 1. The Bertz CT molecular complexity index is 1830. The fraction of sp³-hybridized carbons (Fsp3) is 0.167. The minimum Gasteiger partial charge on any atom is -0.485 e. The van der Waals surface area contributed by atoms with Crippen LogP contribution in [0.1, 0.15) is 11.1 Å². The van der Waals surface area contributed by atoms with E-state index in [0.717, 1.165) is 34.6 Å². The average molecular weight is 630 g/mol. The Balaban J connectivity index is 1.34. The fourth-order valence-electron chi connectivity index (χ4n) is 4.87. The van der Waals surface area contributed by atoms with Crippen LogP contribution in [-0.2, 0) is 27.4 Å². The second kappa shape index (κ2) is 12.0. The van der Waals surface area contributed by atoms with Gasteiger partial charge in [-0.15, -0.1) is 0 Å². The van der Waals surface area contributed by atoms with E-state index in [9.17, 15) is 40.9 Å². The van der Waals surface area contributed by atoms with E-state index in [-0.39, 0.29) is 35.8 Å². The Morgan fingerprint density at radius 1 is 0.977 bits per heavy atom. The highest BCUT2D eigenvalue weighted by Crippen LogP contribution is 2.38. The van der Waals surface area contributed by atoms with Gasteiger partial charge in [-0.05, 0) is 53.1 Å². The fourth-order valence-corrected chi connectivity index (χ4v) is 6.52. The molecule has 0 unspecified atom stereocenters. The zero-order valence-electron chi connectivity index (χ0n) is 22.6. The van der Waals surface area contributed by atoms with Gasteiger partial charge in [-0.25, -0.2) is 12.8 Å². The SMILES string of the molecule is O=C(NCCOc1cc(F)ccc1[N+](=O)[O-])[C@@H]1Cc2ccccc2N1S(=O)(=O)c1ccc(-c2cccc(C(F)(F)F)c2)cc1. The number of carbonyl (C=O) groups is 1. The monoisotopic (exact) mass is 629 g/mol. The molecule has 0 bridgehead atoms. The van der Waals surface area contributed by atoms with Gasteiger partial charge in [-0.2, -0.15) is 13.2 Å². The topological polar surface area (TPSA) is 119 Å². The number of rotatable bonds is 9. The van der Waals surface area contributed by atoms with Gasteiger partial charge in [0.25, 0.3) is 10.0 Å². The molecule has 0 saturated heterocycles. The first-order valence-electron chi connectivity index (χ1n) is 13.1. The molecule has 44 heavy (non-hydrogen) atoms. The minimum atomic E-state index is -4.54. The molecular formula is C30H23F4N3O6S. The van der Waals surface area contributed by atoms with Gasteiger partial charge in [0.05, 0.1) is 27.6 Å². The molecule has 0 spiro atoms. The summed E-state index contributed by atoms with van der Waals surface area (Å²) in [5.41, 5.74) is 0.210. The van der Waals surface area contributed by atoms with Gasteiger partial charge in [0.15, 0.2) is 5.75 Å². The molecule has 4 aromatic rings. The number of nitrogens with zero attached hydrogens (tertiary/aromatic N) is 2. The maximum atomic E-state index is 13.9. The molecular weight excluding hydrogens is 606 g/mol. The number of halogens is 4. The molecule has 228 valence electrons. The molecule has 0 saturated carbocycles. The van der Waals surface area contributed by atoms with Crippen molar-refractivity contribution in [1.29, 1.82) is 0 Å². The third-order valence-corrected chi connectivity index (χ3v) is 8.78. The summed E-state index contributed by atoms with van der Waals surface area (Å²) in [6, 6.07) is 18.1. The Labute approximate surface area is 248 Å². The van der Waals surface area contributed by atoms with Crippen LogP contribution in [0.3, 0.4) is 0 Å². The predicted octanol–water partition coefficient (Wildman–Crippen LogP) is 5.73. The van der Waals surface area contributed by atoms with Crippen LogP contribution in [0, 0.1) is 15.9 Å². The zero-order chi connectivity index (χ0) is 31.6. The van der Waals surface area contributed by atoms with Crippen molar-refractivity contribution in [3.05, 3.63) is 118 Å². The Hall–Kier alpha value is -4.98. The number of hydrogen-bond donors (Lipinski definition) is 1. The van der Waals surface area contributed by atoms with Gasteiger partial charge in [-0.1, -0.05) is 42.5 Å². The molecule has 1 aliphatic rings. The number of anilines is 1. The Kier molecular flexibility index (Phi) is 8.28. The third-order valence-electron chi connectivity index (χ3n) is 6.94. The number of benzene rings is 4. The van der Waals surface area contributed by atoms with Crippen LogP contribution in [0.15, 0.2) is 95.9 Å². The summed E-state index contributed by atoms with van der Waals surface area (Å²) < 4.78 is 87.1. The number of amides is 1. The van der Waals surface area contributed by atoms with E-state index in [0.29, 0.717) is 16.8 Å². The van der Waals surface area contributed by atoms with E-state index in [4.69, 9.17) is 4.74 Å². The lowest BCUT2D eigenvalue weighted by molar-refractivity contribution is -0.385. The van der Waals surface area contributed by atoms with Crippen molar-refractivity contribution in [3.8, 4) is 16.9 Å². The van der Waals surface area contributed by atoms with Crippen molar-refractivity contribution >= 4 is 27.3 Å². The van der Waals surface area contributed by atoms with E-state index in [1.54, 1.807) is 24.3 Å². The van der Waals surface area contributed by atoms with Crippen LogP contribution >= 0.6 is 0 Å². The largest absolute Gasteiger partial charge is 0.485 e. The maximum Gasteiger partial charge on any atom is 0.416 e. The standard InChI is InChI=1S/C30H23F4N3O6S/c31-23-10-13-26(37(39)40)28(18-23)43-15-14-35-29(38)27-17-21-4-1-2-7-25(21)36(27)44(41,42)24-11-8-19(9-12-24)20-5-3-6-22(16-20)30(32,33)34/h1-13,16,18,27H,14-15,17H2,(H,35,38)/t27-/m0/s1. The summed E-state index contributed by atoms with van der Waals surface area (Å²) in [5.74, 6) is -1.74. The molecule has 1 N–H and O–H groups in total. The molecule has 9 nitrogen and oxygen atoms in total. The molecule has 0 fully saturated rings. The number of carbonyl (C=O) groups excluding carboxylic acids is 1. The van der Waals surface area contributed by atoms with Crippen LogP contribution in [-0.4, -0.2) is 38.4 Å². The number of sulfonamides is 1. The summed E-state index contributed by atoms with van der Waals surface area (Å²) in [6.07, 6.45) is -4.48. The van der Waals surface area contributed by atoms with Gasteiger partial charge in [0.2, 0.25) is 5.91 Å². The van der Waals surface area contributed by atoms with Crippen molar-refractivity contribution < 1.29 is 40.4 Å². The molecule has 0 radical (unpaired) electrons. The number of para-hydroxylation sites is 1. The van der Waals surface area contributed by atoms with Crippen molar-refractivity contribution in [2.75, 3.05) is 17.5 Å². The summed E-state index contributed by atoms with van der Waals surface area (Å²) in [5, 5.41) is 13.7. The first-order valence-corrected chi connectivity index (χ1v) is 14.5. The normalized spacial score (nSPS) is 14.6. The van der Waals surface area contributed by atoms with Crippen molar-refractivity contribution in [1.82, 2.24) is 5.32 Å². The quantitative estimate of drug-likeness (QED) is 0.109. The van der Waals surface area contributed by atoms with Crippen LogP contribution in [0.4, 0.5) is 28.9 Å². The Morgan fingerprint density at radius 2 is 1.70 bits per heavy atom. The number of alkyl halides is 3. The first kappa shape index (κ1) is 30.5. The minimum absolute atomic E-state index is 0.0553. The number of ether oxygens (including phenoxy) is 1.